The van der Waals surface area contributed by atoms with Gasteiger partial charge < -0.3 is 20.8 Å². The third-order valence-corrected chi connectivity index (χ3v) is 5.46. The van der Waals surface area contributed by atoms with Crippen LogP contribution in [0.4, 0.5) is 10.1 Å². The number of aliphatic carboxylic acids is 2. The highest BCUT2D eigenvalue weighted by atomic mass is 32.1. The first-order valence-electron chi connectivity index (χ1n) is 9.38. The molecule has 29 heavy (non-hydrogen) atoms. The Labute approximate surface area is 172 Å². The van der Waals surface area contributed by atoms with E-state index in [9.17, 15) is 14.0 Å². The summed E-state index contributed by atoms with van der Waals surface area (Å²) in [7, 11) is 0. The monoisotopic (exact) mass is 423 g/mol. The molecule has 0 unspecified atom stereocenters. The Hall–Kier alpha value is -2.49. The second-order valence-electron chi connectivity index (χ2n) is 6.60. The van der Waals surface area contributed by atoms with Gasteiger partial charge in [0.2, 0.25) is 0 Å². The van der Waals surface area contributed by atoms with Crippen molar-refractivity contribution >= 4 is 39.0 Å². The van der Waals surface area contributed by atoms with Gasteiger partial charge in [0.15, 0.2) is 0 Å². The van der Waals surface area contributed by atoms with Crippen LogP contribution in [0.25, 0.3) is 10.1 Å². The van der Waals surface area contributed by atoms with Crippen molar-refractivity contribution in [3.63, 3.8) is 0 Å². The number of anilines is 1. The third kappa shape index (κ3) is 7.45. The Morgan fingerprint density at radius 2 is 1.76 bits per heavy atom. The number of rotatable bonds is 7. The van der Waals surface area contributed by atoms with Crippen LogP contribution in [0, 0.1) is 5.82 Å². The summed E-state index contributed by atoms with van der Waals surface area (Å²) in [5, 5.41) is 19.0. The van der Waals surface area contributed by atoms with Crippen LogP contribution in [0.1, 0.15) is 12.8 Å². The van der Waals surface area contributed by atoms with Gasteiger partial charge in [-0.15, -0.1) is 11.3 Å². The largest absolute Gasteiger partial charge is 0.478 e. The van der Waals surface area contributed by atoms with Crippen LogP contribution in [0.15, 0.2) is 35.7 Å². The Morgan fingerprint density at radius 1 is 1.10 bits per heavy atom. The lowest BCUT2D eigenvalue weighted by atomic mass is 10.2. The van der Waals surface area contributed by atoms with Gasteiger partial charge >= 0.3 is 11.9 Å². The summed E-state index contributed by atoms with van der Waals surface area (Å²) < 4.78 is 14.3. The van der Waals surface area contributed by atoms with Crippen LogP contribution in [0.2, 0.25) is 0 Å². The number of unbranched alkanes of at least 4 members (excludes halogenated alkanes) is 1. The van der Waals surface area contributed by atoms with Crippen molar-refractivity contribution in [1.82, 2.24) is 4.90 Å². The van der Waals surface area contributed by atoms with E-state index >= 15 is 0 Å². The van der Waals surface area contributed by atoms with E-state index in [1.54, 1.807) is 23.5 Å². The van der Waals surface area contributed by atoms with Gasteiger partial charge in [0.1, 0.15) is 5.82 Å². The molecule has 4 N–H and O–H groups in total. The molecule has 9 heteroatoms. The molecule has 1 aliphatic rings. The number of nitrogens with two attached hydrogens (primary N) is 1. The van der Waals surface area contributed by atoms with Crippen molar-refractivity contribution in [3.8, 4) is 0 Å². The van der Waals surface area contributed by atoms with Crippen molar-refractivity contribution in [2.75, 3.05) is 44.2 Å². The van der Waals surface area contributed by atoms with Crippen molar-refractivity contribution in [2.24, 2.45) is 5.73 Å². The van der Waals surface area contributed by atoms with Gasteiger partial charge in [0.25, 0.3) is 0 Å². The van der Waals surface area contributed by atoms with E-state index in [0.29, 0.717) is 12.2 Å². The highest BCUT2D eigenvalue weighted by molar-refractivity contribution is 7.17. The number of piperazine rings is 1. The normalized spacial score (nSPS) is 14.8. The lowest BCUT2D eigenvalue weighted by Crippen LogP contribution is -2.46. The first kappa shape index (κ1) is 22.8. The van der Waals surface area contributed by atoms with Crippen molar-refractivity contribution in [2.45, 2.75) is 12.8 Å². The smallest absolute Gasteiger partial charge is 0.328 e. The molecule has 0 amide bonds. The summed E-state index contributed by atoms with van der Waals surface area (Å²) in [6, 6.07) is 5.10. The van der Waals surface area contributed by atoms with E-state index in [1.165, 1.54) is 17.5 Å². The second-order valence-corrected chi connectivity index (χ2v) is 7.51. The molecule has 1 aliphatic heterocycles. The second kappa shape index (κ2) is 11.5. The summed E-state index contributed by atoms with van der Waals surface area (Å²) in [4.78, 5) is 24.0. The fraction of sp³-hybridized carbons (Fsp3) is 0.400. The Bertz CT molecular complexity index is 831. The third-order valence-electron chi connectivity index (χ3n) is 4.53. The van der Waals surface area contributed by atoms with E-state index in [4.69, 9.17) is 15.9 Å². The molecule has 3 rings (SSSR count). The minimum absolute atomic E-state index is 0.152. The predicted molar refractivity (Wildman–Crippen MR) is 113 cm³/mol. The molecular formula is C20H26FN3O4S. The van der Waals surface area contributed by atoms with Crippen LogP contribution < -0.4 is 10.6 Å². The zero-order valence-electron chi connectivity index (χ0n) is 16.1. The molecule has 1 saturated heterocycles. The Balaban J connectivity index is 0.000000321. The summed E-state index contributed by atoms with van der Waals surface area (Å²) in [5.41, 5.74) is 6.80. The van der Waals surface area contributed by atoms with Gasteiger partial charge in [0, 0.05) is 53.8 Å². The lowest BCUT2D eigenvalue weighted by Gasteiger charge is -2.35. The first-order valence-corrected chi connectivity index (χ1v) is 10.3. The van der Waals surface area contributed by atoms with E-state index < -0.39 is 11.9 Å². The number of thiophene rings is 1. The summed E-state index contributed by atoms with van der Waals surface area (Å²) in [6.07, 6.45) is 3.42. The van der Waals surface area contributed by atoms with E-state index in [0.717, 1.165) is 50.4 Å². The van der Waals surface area contributed by atoms with Crippen LogP contribution in [0.3, 0.4) is 0 Å². The molecule has 1 fully saturated rings. The molecule has 2 heterocycles. The molecular weight excluding hydrogens is 397 g/mol. The van der Waals surface area contributed by atoms with Gasteiger partial charge in [-0.05, 0) is 44.1 Å². The number of nitrogens with zero attached hydrogens (tertiary/aromatic N) is 2. The Morgan fingerprint density at radius 3 is 2.34 bits per heavy atom. The van der Waals surface area contributed by atoms with Crippen molar-refractivity contribution in [3.05, 3.63) is 41.5 Å². The molecule has 1 aromatic carbocycles. The van der Waals surface area contributed by atoms with E-state index in [1.807, 2.05) is 6.07 Å². The average molecular weight is 424 g/mol. The van der Waals surface area contributed by atoms with Crippen molar-refractivity contribution < 1.29 is 24.2 Å². The molecule has 1 aromatic heterocycles. The zero-order valence-corrected chi connectivity index (χ0v) is 16.9. The van der Waals surface area contributed by atoms with Gasteiger partial charge in [0.05, 0.1) is 5.69 Å². The van der Waals surface area contributed by atoms with Crippen LogP contribution >= 0.6 is 11.3 Å². The standard InChI is InChI=1S/C16H22FN3S.C4H4O4/c17-13-3-4-14-15(12-21-16(14)11-13)20-9-7-19(8-10-20)6-2-1-5-18;5-3(6)1-2-4(7)8/h3-4,11-12H,1-2,5-10,18H2;1-2H,(H,5,6)(H,7,8)/b;2-1-. The van der Waals surface area contributed by atoms with Crippen LogP contribution in [0.5, 0.6) is 0 Å². The Kier molecular flexibility index (Phi) is 9.04. The number of carbonyl (C=O) groups is 2. The lowest BCUT2D eigenvalue weighted by molar-refractivity contribution is -0.134. The minimum Gasteiger partial charge on any atom is -0.478 e. The average Bonchev–Trinajstić information content (AvgIpc) is 3.10. The van der Waals surface area contributed by atoms with Crippen LogP contribution in [-0.4, -0.2) is 66.3 Å². The number of carboxylic acid groups (broad SMARTS) is 2. The molecule has 0 atom stereocenters. The SMILES string of the molecule is NCCCCN1CCN(c2csc3cc(F)ccc23)CC1.O=C(O)/C=C\C(=O)O. The maximum absolute atomic E-state index is 13.3. The number of hydrogen-bond acceptors (Lipinski definition) is 6. The topological polar surface area (TPSA) is 107 Å². The first-order chi connectivity index (χ1) is 13.9. The van der Waals surface area contributed by atoms with Gasteiger partial charge in [-0.3, -0.25) is 4.90 Å². The van der Waals surface area contributed by atoms with Gasteiger partial charge in [-0.2, -0.15) is 0 Å². The van der Waals surface area contributed by atoms with Gasteiger partial charge in [-0.1, -0.05) is 0 Å². The highest BCUT2D eigenvalue weighted by Gasteiger charge is 2.19. The number of carboxylic acids is 2. The van der Waals surface area contributed by atoms with Gasteiger partial charge in [-0.25, -0.2) is 14.0 Å². The highest BCUT2D eigenvalue weighted by Crippen LogP contribution is 2.33. The summed E-state index contributed by atoms with van der Waals surface area (Å²) in [5.74, 6) is -2.67. The molecule has 0 radical (unpaired) electrons. The maximum Gasteiger partial charge on any atom is 0.328 e. The van der Waals surface area contributed by atoms with Crippen LogP contribution in [-0.2, 0) is 9.59 Å². The number of fused-ring (bicyclic) bond motifs is 1. The fourth-order valence-corrected chi connectivity index (χ4v) is 4.06. The molecule has 0 spiro atoms. The number of halogens is 1. The molecule has 2 aromatic rings. The van der Waals surface area contributed by atoms with E-state index in [2.05, 4.69) is 15.2 Å². The van der Waals surface area contributed by atoms with Crippen molar-refractivity contribution in [1.29, 1.82) is 0 Å². The zero-order chi connectivity index (χ0) is 21.2. The molecule has 7 nitrogen and oxygen atoms in total. The summed E-state index contributed by atoms with van der Waals surface area (Å²) >= 11 is 1.63. The molecule has 0 saturated carbocycles. The van der Waals surface area contributed by atoms with E-state index in [-0.39, 0.29) is 5.82 Å². The molecule has 0 bridgehead atoms. The quantitative estimate of drug-likeness (QED) is 0.464. The predicted octanol–water partition coefficient (Wildman–Crippen LogP) is 2.61. The summed E-state index contributed by atoms with van der Waals surface area (Å²) in [6.45, 7) is 6.24. The molecule has 158 valence electrons. The maximum atomic E-state index is 13.3. The number of hydrogen-bond donors (Lipinski definition) is 3. The number of benzene rings is 1. The fourth-order valence-electron chi connectivity index (χ4n) is 3.07. The molecule has 0 aliphatic carbocycles. The minimum atomic E-state index is -1.26.